The fraction of sp³-hybridized carbons (Fsp3) is 0.222. The number of carbonyl (C=O) groups is 2. The maximum Gasteiger partial charge on any atom is 0.259 e. The first-order valence-corrected chi connectivity index (χ1v) is 9.13. The maximum absolute atomic E-state index is 13.0. The van der Waals surface area contributed by atoms with E-state index in [9.17, 15) is 19.1 Å². The van der Waals surface area contributed by atoms with Crippen LogP contribution in [0.4, 0.5) is 4.39 Å². The van der Waals surface area contributed by atoms with E-state index in [1.165, 1.54) is 35.2 Å². The van der Waals surface area contributed by atoms with Crippen LogP contribution in [-0.4, -0.2) is 52.9 Å². The standard InChI is InChI=1S/C18H14Cl3FN2O3/c19-12-9-13(20)16(25)14(15(12)21)18(27)24-7-5-23(6-8-24)17(26)10-1-3-11(22)4-2-10/h1-4,9,25H,5-8H2. The minimum atomic E-state index is -0.518. The quantitative estimate of drug-likeness (QED) is 0.729. The molecule has 0 atom stereocenters. The normalized spacial score (nSPS) is 14.4. The highest BCUT2D eigenvalue weighted by Gasteiger charge is 2.29. The summed E-state index contributed by atoms with van der Waals surface area (Å²) in [6.45, 7) is 1.06. The van der Waals surface area contributed by atoms with Gasteiger partial charge in [0.1, 0.15) is 17.1 Å². The Morgan fingerprint density at radius 2 is 1.41 bits per heavy atom. The second-order valence-electron chi connectivity index (χ2n) is 5.97. The Labute approximate surface area is 169 Å². The van der Waals surface area contributed by atoms with Gasteiger partial charge in [0, 0.05) is 31.7 Å². The van der Waals surface area contributed by atoms with Crippen molar-refractivity contribution >= 4 is 46.6 Å². The van der Waals surface area contributed by atoms with E-state index >= 15 is 0 Å². The predicted octanol–water partition coefficient (Wildman–Crippen LogP) is 4.09. The van der Waals surface area contributed by atoms with Crippen LogP contribution in [0.5, 0.6) is 5.75 Å². The van der Waals surface area contributed by atoms with Gasteiger partial charge in [-0.1, -0.05) is 34.8 Å². The molecular formula is C18H14Cl3FN2O3. The molecule has 1 fully saturated rings. The molecule has 0 aromatic heterocycles. The summed E-state index contributed by atoms with van der Waals surface area (Å²) in [5.41, 5.74) is 0.214. The first-order valence-electron chi connectivity index (χ1n) is 8.00. The van der Waals surface area contributed by atoms with Crippen molar-refractivity contribution in [2.45, 2.75) is 0 Å². The fourth-order valence-electron chi connectivity index (χ4n) is 2.83. The molecule has 5 nitrogen and oxygen atoms in total. The number of phenolic OH excluding ortho intramolecular Hbond substituents is 1. The lowest BCUT2D eigenvalue weighted by Crippen LogP contribution is -2.50. The molecule has 142 valence electrons. The zero-order chi connectivity index (χ0) is 19.7. The molecule has 9 heteroatoms. The van der Waals surface area contributed by atoms with Gasteiger partial charge in [0.25, 0.3) is 11.8 Å². The molecule has 0 unspecified atom stereocenters. The summed E-state index contributed by atoms with van der Waals surface area (Å²) in [5.74, 6) is -1.61. The largest absolute Gasteiger partial charge is 0.505 e. The van der Waals surface area contributed by atoms with Crippen molar-refractivity contribution in [2.24, 2.45) is 0 Å². The number of nitrogens with zero attached hydrogens (tertiary/aromatic N) is 2. The lowest BCUT2D eigenvalue weighted by molar-refractivity contribution is 0.0533. The van der Waals surface area contributed by atoms with Crippen LogP contribution in [0.1, 0.15) is 20.7 Å². The van der Waals surface area contributed by atoms with Crippen LogP contribution in [-0.2, 0) is 0 Å². The van der Waals surface area contributed by atoms with Gasteiger partial charge in [0.15, 0.2) is 0 Å². The fourth-order valence-corrected chi connectivity index (χ4v) is 3.51. The highest BCUT2D eigenvalue weighted by molar-refractivity contribution is 6.45. The van der Waals surface area contributed by atoms with Crippen molar-refractivity contribution < 1.29 is 19.1 Å². The van der Waals surface area contributed by atoms with Gasteiger partial charge in [0.05, 0.1) is 15.1 Å². The summed E-state index contributed by atoms with van der Waals surface area (Å²) in [6.07, 6.45) is 0. The molecule has 0 saturated carbocycles. The predicted molar refractivity (Wildman–Crippen MR) is 101 cm³/mol. The molecule has 1 saturated heterocycles. The first-order chi connectivity index (χ1) is 12.8. The van der Waals surface area contributed by atoms with Crippen molar-refractivity contribution in [3.8, 4) is 5.75 Å². The van der Waals surface area contributed by atoms with Crippen LogP contribution in [0, 0.1) is 5.82 Å². The molecule has 2 aromatic carbocycles. The van der Waals surface area contributed by atoms with Crippen molar-refractivity contribution in [2.75, 3.05) is 26.2 Å². The van der Waals surface area contributed by atoms with E-state index in [-0.39, 0.29) is 52.7 Å². The second kappa shape index (κ2) is 7.92. The van der Waals surface area contributed by atoms with Crippen LogP contribution in [0.25, 0.3) is 0 Å². The number of piperazine rings is 1. The SMILES string of the molecule is O=C(c1ccc(F)cc1)N1CCN(C(=O)c2c(O)c(Cl)cc(Cl)c2Cl)CC1. The van der Waals surface area contributed by atoms with Gasteiger partial charge in [0.2, 0.25) is 0 Å². The summed E-state index contributed by atoms with van der Waals surface area (Å²) < 4.78 is 13.0. The van der Waals surface area contributed by atoms with Gasteiger partial charge < -0.3 is 14.9 Å². The molecule has 27 heavy (non-hydrogen) atoms. The molecule has 2 aromatic rings. The van der Waals surface area contributed by atoms with E-state index < -0.39 is 17.5 Å². The first kappa shape index (κ1) is 19.7. The number of benzene rings is 2. The summed E-state index contributed by atoms with van der Waals surface area (Å²) in [5, 5.41) is 10.0. The molecular weight excluding hydrogens is 418 g/mol. The van der Waals surface area contributed by atoms with Crippen molar-refractivity contribution in [3.63, 3.8) is 0 Å². The Bertz CT molecular complexity index is 871. The van der Waals surface area contributed by atoms with Crippen LogP contribution in [0.3, 0.4) is 0 Å². The number of carbonyl (C=O) groups excluding carboxylic acids is 2. The molecule has 3 rings (SSSR count). The molecule has 1 N–H and O–H groups in total. The highest BCUT2D eigenvalue weighted by Crippen LogP contribution is 2.39. The Balaban J connectivity index is 1.72. The number of hydrogen-bond acceptors (Lipinski definition) is 3. The number of halogens is 4. The molecule has 0 spiro atoms. The topological polar surface area (TPSA) is 60.9 Å². The van der Waals surface area contributed by atoms with Gasteiger partial charge in [-0.25, -0.2) is 4.39 Å². The van der Waals surface area contributed by atoms with Crippen LogP contribution in [0.15, 0.2) is 30.3 Å². The second-order valence-corrected chi connectivity index (χ2v) is 7.16. The summed E-state index contributed by atoms with van der Waals surface area (Å²) in [4.78, 5) is 28.2. The zero-order valence-corrected chi connectivity index (χ0v) is 16.2. The lowest BCUT2D eigenvalue weighted by Gasteiger charge is -2.35. The van der Waals surface area contributed by atoms with Crippen LogP contribution in [0.2, 0.25) is 15.1 Å². The Morgan fingerprint density at radius 1 is 0.889 bits per heavy atom. The van der Waals surface area contributed by atoms with Gasteiger partial charge in [-0.3, -0.25) is 9.59 Å². The van der Waals surface area contributed by atoms with E-state index in [1.807, 2.05) is 0 Å². The van der Waals surface area contributed by atoms with E-state index in [1.54, 1.807) is 4.90 Å². The van der Waals surface area contributed by atoms with Crippen LogP contribution < -0.4 is 0 Å². The summed E-state index contributed by atoms with van der Waals surface area (Å²) in [7, 11) is 0. The highest BCUT2D eigenvalue weighted by atomic mass is 35.5. The van der Waals surface area contributed by atoms with E-state index in [4.69, 9.17) is 34.8 Å². The summed E-state index contributed by atoms with van der Waals surface area (Å²) >= 11 is 17.9. The average Bonchev–Trinajstić information content (AvgIpc) is 2.67. The third-order valence-corrected chi connectivity index (χ3v) is 5.38. The van der Waals surface area contributed by atoms with Crippen LogP contribution >= 0.6 is 34.8 Å². The Kier molecular flexibility index (Phi) is 5.79. The van der Waals surface area contributed by atoms with Crippen molar-refractivity contribution in [3.05, 3.63) is 62.3 Å². The number of amides is 2. The Hall–Kier alpha value is -2.02. The number of phenols is 1. The van der Waals surface area contributed by atoms with E-state index in [0.717, 1.165) is 0 Å². The van der Waals surface area contributed by atoms with Crippen molar-refractivity contribution in [1.82, 2.24) is 9.80 Å². The third-order valence-electron chi connectivity index (χ3n) is 4.30. The van der Waals surface area contributed by atoms with E-state index in [0.29, 0.717) is 5.56 Å². The molecule has 1 heterocycles. The molecule has 0 bridgehead atoms. The van der Waals surface area contributed by atoms with Gasteiger partial charge in [-0.15, -0.1) is 0 Å². The minimum Gasteiger partial charge on any atom is -0.505 e. The lowest BCUT2D eigenvalue weighted by atomic mass is 10.1. The van der Waals surface area contributed by atoms with Gasteiger partial charge >= 0.3 is 0 Å². The molecule has 0 radical (unpaired) electrons. The smallest absolute Gasteiger partial charge is 0.259 e. The zero-order valence-electron chi connectivity index (χ0n) is 13.9. The van der Waals surface area contributed by atoms with Crippen molar-refractivity contribution in [1.29, 1.82) is 0 Å². The average molecular weight is 432 g/mol. The number of hydrogen-bond donors (Lipinski definition) is 1. The van der Waals surface area contributed by atoms with E-state index in [2.05, 4.69) is 0 Å². The molecule has 2 amide bonds. The monoisotopic (exact) mass is 430 g/mol. The Morgan fingerprint density at radius 3 is 1.96 bits per heavy atom. The number of aromatic hydroxyl groups is 1. The maximum atomic E-state index is 13.0. The van der Waals surface area contributed by atoms with Gasteiger partial charge in [-0.05, 0) is 30.3 Å². The van der Waals surface area contributed by atoms with Gasteiger partial charge in [-0.2, -0.15) is 0 Å². The molecule has 0 aliphatic carbocycles. The molecule has 1 aliphatic rings. The molecule has 1 aliphatic heterocycles. The summed E-state index contributed by atoms with van der Waals surface area (Å²) in [6, 6.07) is 6.54. The minimum absolute atomic E-state index is 0.0629. The third kappa shape index (κ3) is 3.98. The number of rotatable bonds is 2.